The predicted molar refractivity (Wildman–Crippen MR) is 69.1 cm³/mol. The second kappa shape index (κ2) is 4.49. The maximum atomic E-state index is 12.6. The van der Waals surface area contributed by atoms with Crippen LogP contribution in [0.3, 0.4) is 0 Å². The first-order chi connectivity index (χ1) is 8.57. The van der Waals surface area contributed by atoms with Crippen LogP contribution >= 0.6 is 0 Å². The number of aliphatic hydroxyl groups is 1. The second-order valence-electron chi connectivity index (χ2n) is 6.60. The zero-order valence-electron chi connectivity index (χ0n) is 11.2. The van der Waals surface area contributed by atoms with Crippen molar-refractivity contribution in [1.82, 2.24) is 10.2 Å². The van der Waals surface area contributed by atoms with Crippen molar-refractivity contribution >= 4 is 5.91 Å². The lowest BCUT2D eigenvalue weighted by atomic mass is 9.91. The van der Waals surface area contributed by atoms with Crippen molar-refractivity contribution in [2.75, 3.05) is 19.6 Å². The average molecular weight is 252 g/mol. The molecule has 0 aromatic carbocycles. The number of amides is 1. The van der Waals surface area contributed by atoms with E-state index in [9.17, 15) is 9.90 Å². The Kier molecular flexibility index (Phi) is 3.10. The lowest BCUT2D eigenvalue weighted by Gasteiger charge is -2.38. The van der Waals surface area contributed by atoms with Crippen LogP contribution in [-0.4, -0.2) is 47.2 Å². The Bertz CT molecular complexity index is 343. The number of hydrogen-bond acceptors (Lipinski definition) is 3. The lowest BCUT2D eigenvalue weighted by molar-refractivity contribution is -0.140. The van der Waals surface area contributed by atoms with Crippen LogP contribution in [0.2, 0.25) is 0 Å². The monoisotopic (exact) mass is 252 g/mol. The molecule has 1 saturated carbocycles. The van der Waals surface area contributed by atoms with Crippen molar-refractivity contribution in [3.8, 4) is 0 Å². The third kappa shape index (κ3) is 2.16. The van der Waals surface area contributed by atoms with Gasteiger partial charge in [0.15, 0.2) is 0 Å². The summed E-state index contributed by atoms with van der Waals surface area (Å²) in [5.74, 6) is 1.48. The number of β-amino-alcohol motifs (C(OH)–C–C–N with tert-alkyl or cyclic N) is 1. The van der Waals surface area contributed by atoms with Crippen molar-refractivity contribution in [1.29, 1.82) is 0 Å². The van der Waals surface area contributed by atoms with E-state index in [0.717, 1.165) is 25.9 Å². The molecule has 1 amide bonds. The maximum absolute atomic E-state index is 12.6. The van der Waals surface area contributed by atoms with Gasteiger partial charge in [-0.1, -0.05) is 6.42 Å². The number of likely N-dealkylation sites (tertiary alicyclic amines) is 1. The van der Waals surface area contributed by atoms with E-state index in [-0.39, 0.29) is 11.9 Å². The van der Waals surface area contributed by atoms with E-state index >= 15 is 0 Å². The lowest BCUT2D eigenvalue weighted by Crippen LogP contribution is -2.54. The maximum Gasteiger partial charge on any atom is 0.240 e. The Labute approximate surface area is 109 Å². The molecular formula is C14H24N2O2. The summed E-state index contributed by atoms with van der Waals surface area (Å²) in [7, 11) is 0. The summed E-state index contributed by atoms with van der Waals surface area (Å²) in [6.07, 6.45) is 5.47. The number of nitrogens with one attached hydrogen (secondary N) is 1. The van der Waals surface area contributed by atoms with E-state index in [1.54, 1.807) is 0 Å². The first-order valence-electron chi connectivity index (χ1n) is 7.31. The van der Waals surface area contributed by atoms with Crippen molar-refractivity contribution < 1.29 is 9.90 Å². The molecule has 4 unspecified atom stereocenters. The molecule has 4 nitrogen and oxygen atoms in total. The van der Waals surface area contributed by atoms with Crippen molar-refractivity contribution in [3.05, 3.63) is 0 Å². The first-order valence-corrected chi connectivity index (χ1v) is 7.31. The van der Waals surface area contributed by atoms with E-state index < -0.39 is 5.60 Å². The van der Waals surface area contributed by atoms with Gasteiger partial charge in [-0.15, -0.1) is 0 Å². The summed E-state index contributed by atoms with van der Waals surface area (Å²) >= 11 is 0. The van der Waals surface area contributed by atoms with E-state index in [4.69, 9.17) is 0 Å². The van der Waals surface area contributed by atoms with Crippen LogP contribution in [0.25, 0.3) is 0 Å². The van der Waals surface area contributed by atoms with Gasteiger partial charge in [0.05, 0.1) is 11.6 Å². The van der Waals surface area contributed by atoms with Crippen LogP contribution < -0.4 is 5.32 Å². The van der Waals surface area contributed by atoms with Gasteiger partial charge in [-0.2, -0.15) is 0 Å². The summed E-state index contributed by atoms with van der Waals surface area (Å²) in [5, 5.41) is 13.5. The number of carbonyl (C=O) groups excluding carboxylic acids is 1. The third-order valence-electron chi connectivity index (χ3n) is 5.00. The molecule has 2 aliphatic heterocycles. The minimum Gasteiger partial charge on any atom is -0.388 e. The molecule has 0 aromatic heterocycles. The van der Waals surface area contributed by atoms with E-state index in [0.29, 0.717) is 18.4 Å². The van der Waals surface area contributed by atoms with Crippen LogP contribution in [0.4, 0.5) is 0 Å². The number of piperidine rings is 1. The topological polar surface area (TPSA) is 52.6 Å². The van der Waals surface area contributed by atoms with Gasteiger partial charge in [0.25, 0.3) is 0 Å². The fraction of sp³-hybridized carbons (Fsp3) is 0.929. The average Bonchev–Trinajstić information content (AvgIpc) is 2.88. The first kappa shape index (κ1) is 12.4. The molecule has 18 heavy (non-hydrogen) atoms. The van der Waals surface area contributed by atoms with Gasteiger partial charge < -0.3 is 15.3 Å². The number of nitrogens with zero attached hydrogens (tertiary/aromatic N) is 1. The Hall–Kier alpha value is -0.610. The van der Waals surface area contributed by atoms with E-state index in [1.807, 2.05) is 11.8 Å². The SMILES string of the molecule is CC1(O)CCCN(C(=O)C2NCC3CCCC32)C1. The van der Waals surface area contributed by atoms with Crippen molar-refractivity contribution in [2.24, 2.45) is 11.8 Å². The van der Waals surface area contributed by atoms with Gasteiger partial charge in [0.2, 0.25) is 5.91 Å². The highest BCUT2D eigenvalue weighted by molar-refractivity contribution is 5.83. The van der Waals surface area contributed by atoms with Crippen LogP contribution in [0.1, 0.15) is 39.0 Å². The number of fused-ring (bicyclic) bond motifs is 1. The highest BCUT2D eigenvalue weighted by atomic mass is 16.3. The molecular weight excluding hydrogens is 228 g/mol. The zero-order valence-corrected chi connectivity index (χ0v) is 11.2. The molecule has 0 radical (unpaired) electrons. The minimum absolute atomic E-state index is 0.0198. The highest BCUT2D eigenvalue weighted by Gasteiger charge is 2.44. The summed E-state index contributed by atoms with van der Waals surface area (Å²) in [6.45, 7) is 4.16. The molecule has 0 spiro atoms. The van der Waals surface area contributed by atoms with Gasteiger partial charge in [-0.3, -0.25) is 4.79 Å². The summed E-state index contributed by atoms with van der Waals surface area (Å²) < 4.78 is 0. The van der Waals surface area contributed by atoms with Crippen molar-refractivity contribution in [3.63, 3.8) is 0 Å². The molecule has 102 valence electrons. The smallest absolute Gasteiger partial charge is 0.240 e. The van der Waals surface area contributed by atoms with E-state index in [2.05, 4.69) is 5.32 Å². The Balaban J connectivity index is 1.67. The normalized spacial score (nSPS) is 44.1. The third-order valence-corrected chi connectivity index (χ3v) is 5.00. The minimum atomic E-state index is -0.693. The second-order valence-corrected chi connectivity index (χ2v) is 6.60. The quantitative estimate of drug-likeness (QED) is 0.724. The van der Waals surface area contributed by atoms with Gasteiger partial charge in [0.1, 0.15) is 0 Å². The summed E-state index contributed by atoms with van der Waals surface area (Å²) in [4.78, 5) is 14.5. The number of carbonyl (C=O) groups is 1. The molecule has 4 heteroatoms. The van der Waals surface area contributed by atoms with Crippen LogP contribution in [0.15, 0.2) is 0 Å². The molecule has 2 saturated heterocycles. The number of rotatable bonds is 1. The largest absolute Gasteiger partial charge is 0.388 e. The number of hydrogen-bond donors (Lipinski definition) is 2. The van der Waals surface area contributed by atoms with Crippen molar-refractivity contribution in [2.45, 2.75) is 50.7 Å². The molecule has 3 fully saturated rings. The predicted octanol–water partition coefficient (Wildman–Crippen LogP) is 0.748. The molecule has 0 aromatic rings. The van der Waals surface area contributed by atoms with Crippen LogP contribution in [0, 0.1) is 11.8 Å². The molecule has 0 bridgehead atoms. The Morgan fingerprint density at radius 2 is 2.22 bits per heavy atom. The highest BCUT2D eigenvalue weighted by Crippen LogP contribution is 2.38. The van der Waals surface area contributed by atoms with Gasteiger partial charge in [-0.05, 0) is 51.0 Å². The molecule has 3 rings (SSSR count). The zero-order chi connectivity index (χ0) is 12.8. The molecule has 4 atom stereocenters. The fourth-order valence-corrected chi connectivity index (χ4v) is 4.06. The summed E-state index contributed by atoms with van der Waals surface area (Å²) in [5.41, 5.74) is -0.693. The van der Waals surface area contributed by atoms with Gasteiger partial charge >= 0.3 is 0 Å². The van der Waals surface area contributed by atoms with Crippen LogP contribution in [-0.2, 0) is 4.79 Å². The Morgan fingerprint density at radius 3 is 3.00 bits per heavy atom. The van der Waals surface area contributed by atoms with Gasteiger partial charge in [0, 0.05) is 13.1 Å². The summed E-state index contributed by atoms with van der Waals surface area (Å²) in [6, 6.07) is 0.0198. The molecule has 2 N–H and O–H groups in total. The standard InChI is InChI=1S/C14H24N2O2/c1-14(18)6-3-7-16(9-14)13(17)12-11-5-2-4-10(11)8-15-12/h10-12,15,18H,2-9H2,1H3. The van der Waals surface area contributed by atoms with E-state index in [1.165, 1.54) is 19.3 Å². The Morgan fingerprint density at radius 1 is 1.39 bits per heavy atom. The molecule has 2 heterocycles. The molecule has 3 aliphatic rings. The molecule has 1 aliphatic carbocycles. The fourth-order valence-electron chi connectivity index (χ4n) is 4.06. The van der Waals surface area contributed by atoms with Gasteiger partial charge in [-0.25, -0.2) is 0 Å². The van der Waals surface area contributed by atoms with Crippen LogP contribution in [0.5, 0.6) is 0 Å².